The Hall–Kier alpha value is -1.49. The summed E-state index contributed by atoms with van der Waals surface area (Å²) < 4.78 is 33.6. The van der Waals surface area contributed by atoms with Crippen LogP contribution in [-0.4, -0.2) is 49.6 Å². The Bertz CT molecular complexity index is 1130. The Morgan fingerprint density at radius 3 is 2.77 bits per heavy atom. The van der Waals surface area contributed by atoms with E-state index in [9.17, 15) is 8.42 Å². The number of hydrogen-bond acceptors (Lipinski definition) is 7. The number of aromatic nitrogens is 2. The lowest BCUT2D eigenvalue weighted by Crippen LogP contribution is -2.28. The van der Waals surface area contributed by atoms with E-state index in [0.29, 0.717) is 27.1 Å². The number of nitrogens with one attached hydrogen (secondary N) is 1. The number of aryl methyl sites for hydroxylation is 1. The molecule has 31 heavy (non-hydrogen) atoms. The molecule has 1 aliphatic rings. The van der Waals surface area contributed by atoms with E-state index in [0.717, 1.165) is 31.6 Å². The van der Waals surface area contributed by atoms with Crippen molar-refractivity contribution in [2.75, 3.05) is 26.2 Å². The number of hydrogen-bond donors (Lipinski definition) is 1. The zero-order valence-corrected chi connectivity index (χ0v) is 20.2. The molecule has 0 bridgehead atoms. The van der Waals surface area contributed by atoms with Crippen molar-refractivity contribution < 1.29 is 12.9 Å². The molecule has 1 aliphatic heterocycles. The average molecular weight is 503 g/mol. The molecule has 11 heteroatoms. The van der Waals surface area contributed by atoms with Gasteiger partial charge in [-0.05, 0) is 64.0 Å². The van der Waals surface area contributed by atoms with Crippen LogP contribution in [0.1, 0.15) is 24.1 Å². The minimum Gasteiger partial charge on any atom is -0.333 e. The van der Waals surface area contributed by atoms with E-state index in [2.05, 4.69) is 19.8 Å². The average Bonchev–Trinajstić information content (AvgIpc) is 3.46. The van der Waals surface area contributed by atoms with Gasteiger partial charge in [-0.1, -0.05) is 28.9 Å². The third-order valence-electron chi connectivity index (χ3n) is 5.02. The smallest absolute Gasteiger partial charge is 0.268 e. The lowest BCUT2D eigenvalue weighted by Gasteiger charge is -2.14. The number of thiophene rings is 1. The van der Waals surface area contributed by atoms with Gasteiger partial charge in [0.25, 0.3) is 5.89 Å². The van der Waals surface area contributed by atoms with Crippen LogP contribution in [0.4, 0.5) is 0 Å². The highest BCUT2D eigenvalue weighted by Crippen LogP contribution is 2.33. The molecule has 7 nitrogen and oxygen atoms in total. The minimum absolute atomic E-state index is 0. The summed E-state index contributed by atoms with van der Waals surface area (Å²) in [6, 6.07) is 8.76. The standard InChI is InChI=1S/C20H23ClN4O3S2.ClH/c1-14-18(30(26,27)22-8-5-11-25-9-2-3-10-25)13-17(29-14)20-23-19(24-28-20)15-6-4-7-16(21)12-15;/h4,6-7,12-13,22H,2-3,5,8-11H2,1H3;1H. The second kappa shape index (κ2) is 10.4. The van der Waals surface area contributed by atoms with Gasteiger partial charge in [0.2, 0.25) is 15.8 Å². The van der Waals surface area contributed by atoms with Gasteiger partial charge in [-0.15, -0.1) is 23.7 Å². The monoisotopic (exact) mass is 502 g/mol. The van der Waals surface area contributed by atoms with Crippen LogP contribution in [0.3, 0.4) is 0 Å². The lowest BCUT2D eigenvalue weighted by molar-refractivity contribution is 0.334. The third kappa shape index (κ3) is 5.85. The first-order valence-electron chi connectivity index (χ1n) is 9.85. The molecule has 3 aromatic rings. The molecule has 3 heterocycles. The molecule has 4 rings (SSSR count). The van der Waals surface area contributed by atoms with Gasteiger partial charge in [0.15, 0.2) is 0 Å². The molecule has 168 valence electrons. The van der Waals surface area contributed by atoms with Crippen LogP contribution in [0, 0.1) is 6.92 Å². The maximum atomic E-state index is 12.8. The van der Waals surface area contributed by atoms with Crippen LogP contribution in [0.5, 0.6) is 0 Å². The Labute approximate surface area is 197 Å². The number of benzene rings is 1. The molecule has 0 amide bonds. The molecule has 0 spiro atoms. The van der Waals surface area contributed by atoms with E-state index < -0.39 is 10.0 Å². The van der Waals surface area contributed by atoms with Gasteiger partial charge in [-0.2, -0.15) is 4.98 Å². The minimum atomic E-state index is -3.59. The number of nitrogens with zero attached hydrogens (tertiary/aromatic N) is 3. The first-order chi connectivity index (χ1) is 14.4. The Morgan fingerprint density at radius 2 is 2.03 bits per heavy atom. The highest BCUT2D eigenvalue weighted by molar-refractivity contribution is 7.89. The molecule has 0 unspecified atom stereocenters. The topological polar surface area (TPSA) is 88.3 Å². The summed E-state index contributed by atoms with van der Waals surface area (Å²) in [6.07, 6.45) is 3.26. The number of sulfonamides is 1. The second-order valence-corrected chi connectivity index (χ2v) is 10.7. The molecule has 2 aromatic heterocycles. The first kappa shape index (κ1) is 24.2. The molecule has 1 aromatic carbocycles. The van der Waals surface area contributed by atoms with Gasteiger partial charge >= 0.3 is 0 Å². The lowest BCUT2D eigenvalue weighted by atomic mass is 10.2. The van der Waals surface area contributed by atoms with Crippen molar-refractivity contribution in [3.8, 4) is 22.2 Å². The zero-order chi connectivity index (χ0) is 21.1. The highest BCUT2D eigenvalue weighted by atomic mass is 35.5. The summed E-state index contributed by atoms with van der Waals surface area (Å²) in [5, 5.41) is 4.57. The Balaban J connectivity index is 0.00000272. The Morgan fingerprint density at radius 1 is 1.26 bits per heavy atom. The second-order valence-electron chi connectivity index (χ2n) is 7.26. The van der Waals surface area contributed by atoms with Crippen molar-refractivity contribution in [3.05, 3.63) is 40.2 Å². The predicted octanol–water partition coefficient (Wildman–Crippen LogP) is 4.61. The normalized spacial score (nSPS) is 14.6. The molecule has 0 saturated carbocycles. The van der Waals surface area contributed by atoms with Crippen molar-refractivity contribution >= 4 is 45.4 Å². The molecule has 0 aliphatic carbocycles. The summed E-state index contributed by atoms with van der Waals surface area (Å²) in [5.41, 5.74) is 0.735. The fourth-order valence-corrected chi connectivity index (χ4v) is 6.27. The van der Waals surface area contributed by atoms with Crippen LogP contribution in [0.25, 0.3) is 22.2 Å². The van der Waals surface area contributed by atoms with Crippen molar-refractivity contribution in [1.29, 1.82) is 0 Å². The summed E-state index contributed by atoms with van der Waals surface area (Å²) in [4.78, 5) is 8.32. The Kier molecular flexibility index (Phi) is 8.12. The van der Waals surface area contributed by atoms with Crippen molar-refractivity contribution in [3.63, 3.8) is 0 Å². The maximum Gasteiger partial charge on any atom is 0.268 e. The van der Waals surface area contributed by atoms with Gasteiger partial charge in [-0.25, -0.2) is 13.1 Å². The summed E-state index contributed by atoms with van der Waals surface area (Å²) >= 11 is 7.34. The SMILES string of the molecule is Cc1sc(-c2nc(-c3cccc(Cl)c3)no2)cc1S(=O)(=O)NCCCN1CCCC1.Cl. The van der Waals surface area contributed by atoms with Gasteiger partial charge in [0.05, 0.1) is 9.77 Å². The first-order valence-corrected chi connectivity index (χ1v) is 12.5. The fraction of sp³-hybridized carbons (Fsp3) is 0.400. The van der Waals surface area contributed by atoms with Crippen LogP contribution < -0.4 is 4.72 Å². The van der Waals surface area contributed by atoms with E-state index in [1.807, 2.05) is 12.1 Å². The van der Waals surface area contributed by atoms with Crippen molar-refractivity contribution in [2.24, 2.45) is 0 Å². The zero-order valence-electron chi connectivity index (χ0n) is 17.0. The van der Waals surface area contributed by atoms with Crippen LogP contribution >= 0.6 is 35.3 Å². The largest absolute Gasteiger partial charge is 0.333 e. The van der Waals surface area contributed by atoms with Crippen molar-refractivity contribution in [2.45, 2.75) is 31.1 Å². The predicted molar refractivity (Wildman–Crippen MR) is 126 cm³/mol. The van der Waals surface area contributed by atoms with E-state index >= 15 is 0 Å². The number of likely N-dealkylation sites (tertiary alicyclic amines) is 1. The van der Waals surface area contributed by atoms with Crippen LogP contribution in [0.15, 0.2) is 39.8 Å². The van der Waals surface area contributed by atoms with E-state index in [1.54, 1.807) is 25.1 Å². The molecule has 0 atom stereocenters. The van der Waals surface area contributed by atoms with Crippen LogP contribution in [-0.2, 0) is 10.0 Å². The maximum absolute atomic E-state index is 12.8. The molecule has 1 N–H and O–H groups in total. The van der Waals surface area contributed by atoms with E-state index in [1.165, 1.54) is 24.2 Å². The molecular weight excluding hydrogens is 479 g/mol. The molecule has 1 saturated heterocycles. The van der Waals surface area contributed by atoms with Gasteiger partial charge in [0, 0.05) is 22.0 Å². The molecule has 0 radical (unpaired) electrons. The van der Waals surface area contributed by atoms with Crippen molar-refractivity contribution in [1.82, 2.24) is 19.8 Å². The molecular formula is C20H24Cl2N4O3S2. The van der Waals surface area contributed by atoms with E-state index in [-0.39, 0.29) is 23.2 Å². The number of halogens is 2. The summed E-state index contributed by atoms with van der Waals surface area (Å²) in [6.45, 7) is 5.34. The fourth-order valence-electron chi connectivity index (χ4n) is 3.50. The quantitative estimate of drug-likeness (QED) is 0.452. The summed E-state index contributed by atoms with van der Waals surface area (Å²) in [7, 11) is -3.59. The highest BCUT2D eigenvalue weighted by Gasteiger charge is 2.23. The van der Waals surface area contributed by atoms with Crippen LogP contribution in [0.2, 0.25) is 5.02 Å². The van der Waals surface area contributed by atoms with Gasteiger partial charge in [-0.3, -0.25) is 0 Å². The summed E-state index contributed by atoms with van der Waals surface area (Å²) in [5.74, 6) is 0.691. The van der Waals surface area contributed by atoms with Gasteiger partial charge in [0.1, 0.15) is 0 Å². The third-order valence-corrected chi connectivity index (χ3v) is 8.01. The van der Waals surface area contributed by atoms with Gasteiger partial charge < -0.3 is 9.42 Å². The number of rotatable bonds is 8. The molecule has 1 fully saturated rings. The van der Waals surface area contributed by atoms with E-state index in [4.69, 9.17) is 16.1 Å².